The van der Waals surface area contributed by atoms with Gasteiger partial charge in [0, 0.05) is 39.3 Å². The van der Waals surface area contributed by atoms with Crippen LogP contribution in [0.25, 0.3) is 0 Å². The highest BCUT2D eigenvalue weighted by Gasteiger charge is 2.21. The summed E-state index contributed by atoms with van der Waals surface area (Å²) >= 11 is 1.18. The molecule has 0 bridgehead atoms. The van der Waals surface area contributed by atoms with Gasteiger partial charge in [0.25, 0.3) is 5.91 Å². The fourth-order valence-corrected chi connectivity index (χ4v) is 3.30. The zero-order chi connectivity index (χ0) is 18.7. The van der Waals surface area contributed by atoms with Gasteiger partial charge in [-0.15, -0.1) is 0 Å². The van der Waals surface area contributed by atoms with E-state index in [1.807, 2.05) is 18.0 Å². The Hall–Kier alpha value is -2.97. The van der Waals surface area contributed by atoms with Gasteiger partial charge in [-0.2, -0.15) is 5.26 Å². The highest BCUT2D eigenvalue weighted by molar-refractivity contribution is 7.17. The lowest BCUT2D eigenvalue weighted by atomic mass is 10.3. The first-order chi connectivity index (χ1) is 12.5. The van der Waals surface area contributed by atoms with Crippen LogP contribution in [0.15, 0.2) is 12.3 Å². The lowest BCUT2D eigenvalue weighted by Gasteiger charge is -2.37. The average molecular weight is 373 g/mol. The predicted octanol–water partition coefficient (Wildman–Crippen LogP) is 0.534. The summed E-state index contributed by atoms with van der Waals surface area (Å²) in [7, 11) is 1.75. The SMILES string of the molecule is Cc1nc(Nc2ncc(C(N)=O)s2)cc(N2CCN(N(C)C#N)CC2)n1. The molecule has 0 aliphatic carbocycles. The Morgan fingerprint density at radius 2 is 2.12 bits per heavy atom. The Bertz CT molecular complexity index is 838. The average Bonchev–Trinajstić information content (AvgIpc) is 3.09. The molecule has 2 aromatic rings. The Morgan fingerprint density at radius 3 is 2.73 bits per heavy atom. The lowest BCUT2D eigenvalue weighted by molar-refractivity contribution is 0.0494. The number of aryl methyl sites for hydroxylation is 1. The number of nitriles is 1. The number of thiazole rings is 1. The molecule has 3 N–H and O–H groups in total. The topological polar surface area (TPSA) is 127 Å². The number of carbonyl (C=O) groups is 1. The monoisotopic (exact) mass is 373 g/mol. The third kappa shape index (κ3) is 3.98. The molecule has 0 unspecified atom stereocenters. The summed E-state index contributed by atoms with van der Waals surface area (Å²) in [6.07, 6.45) is 3.55. The Kier molecular flexibility index (Phi) is 5.15. The van der Waals surface area contributed by atoms with E-state index in [1.165, 1.54) is 17.5 Å². The predicted molar refractivity (Wildman–Crippen MR) is 97.8 cm³/mol. The standard InChI is InChI=1S/C15H19N9OS/c1-10-19-12(21-15-18-8-11(26-15)14(17)25)7-13(20-10)23-3-5-24(6-4-23)22(2)9-16/h7-8H,3-6H2,1-2H3,(H2,17,25)(H,18,19,20,21). The van der Waals surface area contributed by atoms with Crippen molar-refractivity contribution in [3.63, 3.8) is 0 Å². The van der Waals surface area contributed by atoms with E-state index in [2.05, 4.69) is 31.4 Å². The zero-order valence-corrected chi connectivity index (χ0v) is 15.3. The fraction of sp³-hybridized carbons (Fsp3) is 0.400. The number of carbonyl (C=O) groups excluding carboxylic acids is 1. The lowest BCUT2D eigenvalue weighted by Crippen LogP contribution is -2.51. The van der Waals surface area contributed by atoms with Crippen LogP contribution in [0.1, 0.15) is 15.5 Å². The van der Waals surface area contributed by atoms with Gasteiger partial charge in [-0.3, -0.25) is 4.79 Å². The molecular formula is C15H19N9OS. The molecule has 2 aromatic heterocycles. The van der Waals surface area contributed by atoms with Crippen LogP contribution in [0.4, 0.5) is 16.8 Å². The van der Waals surface area contributed by atoms with E-state index in [-0.39, 0.29) is 0 Å². The van der Waals surface area contributed by atoms with E-state index in [0.717, 1.165) is 32.0 Å². The quantitative estimate of drug-likeness (QED) is 0.570. The molecule has 26 heavy (non-hydrogen) atoms. The van der Waals surface area contributed by atoms with Crippen LogP contribution >= 0.6 is 11.3 Å². The molecule has 0 atom stereocenters. The summed E-state index contributed by atoms with van der Waals surface area (Å²) in [6, 6.07) is 1.85. The van der Waals surface area contributed by atoms with Crippen molar-refractivity contribution in [2.45, 2.75) is 6.92 Å². The van der Waals surface area contributed by atoms with Crippen molar-refractivity contribution < 1.29 is 4.79 Å². The number of anilines is 3. The number of rotatable bonds is 5. The van der Waals surface area contributed by atoms with Gasteiger partial charge in [0.15, 0.2) is 11.3 Å². The smallest absolute Gasteiger partial charge is 0.260 e. The van der Waals surface area contributed by atoms with Crippen LogP contribution in [-0.4, -0.2) is 64.1 Å². The van der Waals surface area contributed by atoms with E-state index < -0.39 is 5.91 Å². The summed E-state index contributed by atoms with van der Waals surface area (Å²) in [6.45, 7) is 4.82. The molecule has 11 heteroatoms. The number of nitrogens with one attached hydrogen (secondary N) is 1. The molecule has 1 amide bonds. The van der Waals surface area contributed by atoms with Gasteiger partial charge >= 0.3 is 0 Å². The van der Waals surface area contributed by atoms with Crippen LogP contribution in [0.2, 0.25) is 0 Å². The van der Waals surface area contributed by atoms with Crippen LogP contribution in [-0.2, 0) is 0 Å². The molecule has 1 saturated heterocycles. The second-order valence-corrected chi connectivity index (χ2v) is 6.77. The maximum atomic E-state index is 11.2. The highest BCUT2D eigenvalue weighted by atomic mass is 32.1. The minimum atomic E-state index is -0.504. The maximum absolute atomic E-state index is 11.2. The minimum absolute atomic E-state index is 0.385. The third-order valence-corrected chi connectivity index (χ3v) is 4.88. The van der Waals surface area contributed by atoms with Crippen LogP contribution in [0.5, 0.6) is 0 Å². The summed E-state index contributed by atoms with van der Waals surface area (Å²) in [4.78, 5) is 26.7. The number of amides is 1. The first kappa shape index (κ1) is 17.8. The van der Waals surface area contributed by atoms with Gasteiger partial charge in [-0.05, 0) is 6.92 Å². The molecule has 0 spiro atoms. The van der Waals surface area contributed by atoms with E-state index >= 15 is 0 Å². The van der Waals surface area contributed by atoms with E-state index in [1.54, 1.807) is 12.1 Å². The van der Waals surface area contributed by atoms with Gasteiger partial charge < -0.3 is 16.0 Å². The Balaban J connectivity index is 1.72. The number of primary amides is 1. The molecule has 1 aliphatic rings. The van der Waals surface area contributed by atoms with E-state index in [4.69, 9.17) is 11.0 Å². The first-order valence-electron chi connectivity index (χ1n) is 7.98. The maximum Gasteiger partial charge on any atom is 0.260 e. The minimum Gasteiger partial charge on any atom is -0.365 e. The third-order valence-electron chi connectivity index (χ3n) is 3.96. The molecule has 0 saturated carbocycles. The second-order valence-electron chi connectivity index (χ2n) is 5.74. The van der Waals surface area contributed by atoms with Crippen molar-refractivity contribution in [1.82, 2.24) is 25.0 Å². The van der Waals surface area contributed by atoms with E-state index in [0.29, 0.717) is 21.7 Å². The van der Waals surface area contributed by atoms with Crippen molar-refractivity contribution in [1.29, 1.82) is 5.26 Å². The van der Waals surface area contributed by atoms with Gasteiger partial charge in [0.1, 0.15) is 22.3 Å². The van der Waals surface area contributed by atoms with Crippen LogP contribution in [0.3, 0.4) is 0 Å². The Labute approximate surface area is 154 Å². The van der Waals surface area contributed by atoms with Crippen molar-refractivity contribution in [2.75, 3.05) is 43.4 Å². The Morgan fingerprint density at radius 1 is 1.38 bits per heavy atom. The molecule has 3 rings (SSSR count). The summed E-state index contributed by atoms with van der Waals surface area (Å²) < 4.78 is 0. The number of aromatic nitrogens is 3. The summed E-state index contributed by atoms with van der Waals surface area (Å²) in [5.74, 6) is 1.55. The van der Waals surface area contributed by atoms with Gasteiger partial charge in [-0.1, -0.05) is 11.3 Å². The second kappa shape index (κ2) is 7.51. The fourth-order valence-electron chi connectivity index (χ4n) is 2.62. The first-order valence-corrected chi connectivity index (χ1v) is 8.79. The number of hydrogen-bond acceptors (Lipinski definition) is 10. The number of nitrogens with two attached hydrogens (primary N) is 1. The summed E-state index contributed by atoms with van der Waals surface area (Å²) in [5.41, 5.74) is 5.25. The van der Waals surface area contributed by atoms with Crippen molar-refractivity contribution in [3.05, 3.63) is 23.0 Å². The molecule has 1 aliphatic heterocycles. The molecule has 136 valence electrons. The molecular weight excluding hydrogens is 354 g/mol. The van der Waals surface area contributed by atoms with E-state index in [9.17, 15) is 4.79 Å². The number of hydrogen-bond donors (Lipinski definition) is 2. The molecule has 0 radical (unpaired) electrons. The van der Waals surface area contributed by atoms with Crippen molar-refractivity contribution in [2.24, 2.45) is 5.73 Å². The van der Waals surface area contributed by atoms with Crippen molar-refractivity contribution >= 4 is 34.0 Å². The van der Waals surface area contributed by atoms with Crippen LogP contribution < -0.4 is 16.0 Å². The zero-order valence-electron chi connectivity index (χ0n) is 14.5. The van der Waals surface area contributed by atoms with Crippen LogP contribution in [0, 0.1) is 18.4 Å². The number of hydrazine groups is 1. The van der Waals surface area contributed by atoms with Gasteiger partial charge in [-0.25, -0.2) is 25.0 Å². The summed E-state index contributed by atoms with van der Waals surface area (Å²) in [5, 5.41) is 16.2. The molecule has 0 aromatic carbocycles. The normalized spacial score (nSPS) is 14.7. The number of nitrogens with zero attached hydrogens (tertiary/aromatic N) is 7. The molecule has 10 nitrogen and oxygen atoms in total. The largest absolute Gasteiger partial charge is 0.365 e. The van der Waals surface area contributed by atoms with Gasteiger partial charge in [0.2, 0.25) is 0 Å². The molecule has 3 heterocycles. The molecule has 1 fully saturated rings. The number of piperazine rings is 1. The highest BCUT2D eigenvalue weighted by Crippen LogP contribution is 2.24. The van der Waals surface area contributed by atoms with Crippen molar-refractivity contribution in [3.8, 4) is 6.19 Å². The van der Waals surface area contributed by atoms with Gasteiger partial charge in [0.05, 0.1) is 6.20 Å².